The van der Waals surface area contributed by atoms with Gasteiger partial charge in [-0.1, -0.05) is 29.3 Å². The van der Waals surface area contributed by atoms with Gasteiger partial charge in [0.05, 0.1) is 0 Å². The molecule has 1 aliphatic rings. The molecule has 2 aromatic rings. The van der Waals surface area contributed by atoms with E-state index in [9.17, 15) is 9.59 Å². The molecule has 1 aliphatic heterocycles. The number of anilines is 1. The summed E-state index contributed by atoms with van der Waals surface area (Å²) in [6.45, 7) is 4.18. The molecule has 1 fully saturated rings. The summed E-state index contributed by atoms with van der Waals surface area (Å²) >= 11 is 5.87. The molecule has 1 N–H and O–H groups in total. The molecule has 28 heavy (non-hydrogen) atoms. The first-order valence-electron chi connectivity index (χ1n) is 9.30. The maximum Gasteiger partial charge on any atom is 0.321 e. The van der Waals surface area contributed by atoms with Crippen LogP contribution in [0.2, 0.25) is 5.02 Å². The van der Waals surface area contributed by atoms with Crippen molar-refractivity contribution >= 4 is 29.2 Å². The van der Waals surface area contributed by atoms with E-state index in [2.05, 4.69) is 5.32 Å². The number of urea groups is 1. The molecule has 0 atom stereocenters. The summed E-state index contributed by atoms with van der Waals surface area (Å²) < 4.78 is 5.58. The second-order valence-electron chi connectivity index (χ2n) is 6.76. The number of hydrogen-bond donors (Lipinski definition) is 1. The highest BCUT2D eigenvalue weighted by molar-refractivity contribution is 6.30. The number of benzene rings is 2. The maximum atomic E-state index is 12.5. The fourth-order valence-corrected chi connectivity index (χ4v) is 3.10. The van der Waals surface area contributed by atoms with Gasteiger partial charge >= 0.3 is 6.03 Å². The van der Waals surface area contributed by atoms with Gasteiger partial charge in [-0.2, -0.15) is 0 Å². The van der Waals surface area contributed by atoms with E-state index in [0.29, 0.717) is 42.6 Å². The number of rotatable bonds is 4. The predicted octanol–water partition coefficient (Wildman–Crippen LogP) is 3.79. The Morgan fingerprint density at radius 2 is 1.61 bits per heavy atom. The average Bonchev–Trinajstić information content (AvgIpc) is 2.95. The Kier molecular flexibility index (Phi) is 6.76. The molecule has 2 aromatic carbocycles. The quantitative estimate of drug-likeness (QED) is 0.847. The lowest BCUT2D eigenvalue weighted by atomic mass is 10.2. The third-order valence-electron chi connectivity index (χ3n) is 4.61. The number of halogens is 1. The number of nitrogens with one attached hydrogen (secondary N) is 1. The molecule has 0 saturated carbocycles. The van der Waals surface area contributed by atoms with Crippen LogP contribution < -0.4 is 10.1 Å². The standard InChI is InChI=1S/C21H24ClN3O3/c1-16-3-9-19(10-4-16)28-15-20(26)24-11-2-12-25(14-13-24)21(27)23-18-7-5-17(22)6-8-18/h3-10H,2,11-15H2,1H3,(H,23,27). The lowest BCUT2D eigenvalue weighted by Crippen LogP contribution is -2.40. The topological polar surface area (TPSA) is 61.9 Å². The van der Waals surface area contributed by atoms with Crippen LogP contribution in [0.25, 0.3) is 0 Å². The number of hydrogen-bond acceptors (Lipinski definition) is 3. The summed E-state index contributed by atoms with van der Waals surface area (Å²) in [5.41, 5.74) is 1.83. The number of ether oxygens (including phenoxy) is 1. The van der Waals surface area contributed by atoms with Gasteiger partial charge in [0.1, 0.15) is 5.75 Å². The number of amides is 3. The zero-order valence-corrected chi connectivity index (χ0v) is 16.6. The fraction of sp³-hybridized carbons (Fsp3) is 0.333. The highest BCUT2D eigenvalue weighted by Gasteiger charge is 2.22. The van der Waals surface area contributed by atoms with E-state index in [0.717, 1.165) is 12.0 Å². The lowest BCUT2D eigenvalue weighted by molar-refractivity contribution is -0.133. The van der Waals surface area contributed by atoms with Crippen molar-refractivity contribution in [2.24, 2.45) is 0 Å². The summed E-state index contributed by atoms with van der Waals surface area (Å²) in [6, 6.07) is 14.4. The smallest absolute Gasteiger partial charge is 0.321 e. The van der Waals surface area contributed by atoms with E-state index in [1.54, 1.807) is 34.1 Å². The second-order valence-corrected chi connectivity index (χ2v) is 7.20. The maximum absolute atomic E-state index is 12.5. The largest absolute Gasteiger partial charge is 0.484 e. The molecule has 0 radical (unpaired) electrons. The summed E-state index contributed by atoms with van der Waals surface area (Å²) in [7, 11) is 0. The molecule has 148 valence electrons. The Bertz CT molecular complexity index is 809. The third kappa shape index (κ3) is 5.63. The molecule has 0 aromatic heterocycles. The van der Waals surface area contributed by atoms with E-state index in [1.807, 2.05) is 31.2 Å². The van der Waals surface area contributed by atoms with E-state index in [4.69, 9.17) is 16.3 Å². The van der Waals surface area contributed by atoms with Crippen LogP contribution in [0.4, 0.5) is 10.5 Å². The molecule has 1 heterocycles. The molecule has 0 aliphatic carbocycles. The van der Waals surface area contributed by atoms with Gasteiger partial charge in [-0.05, 0) is 49.7 Å². The Balaban J connectivity index is 1.48. The van der Waals surface area contributed by atoms with Crippen molar-refractivity contribution in [1.82, 2.24) is 9.80 Å². The average molecular weight is 402 g/mol. The molecule has 3 rings (SSSR count). The van der Waals surface area contributed by atoms with Gasteiger partial charge in [-0.15, -0.1) is 0 Å². The lowest BCUT2D eigenvalue weighted by Gasteiger charge is -2.22. The van der Waals surface area contributed by atoms with Crippen LogP contribution in [-0.4, -0.2) is 54.5 Å². The number of carbonyl (C=O) groups is 2. The van der Waals surface area contributed by atoms with Gasteiger partial charge < -0.3 is 19.9 Å². The van der Waals surface area contributed by atoms with E-state index >= 15 is 0 Å². The first-order valence-corrected chi connectivity index (χ1v) is 9.68. The predicted molar refractivity (Wildman–Crippen MR) is 110 cm³/mol. The van der Waals surface area contributed by atoms with Crippen molar-refractivity contribution in [3.05, 3.63) is 59.1 Å². The highest BCUT2D eigenvalue weighted by Crippen LogP contribution is 2.15. The zero-order valence-electron chi connectivity index (χ0n) is 15.9. The minimum absolute atomic E-state index is 0.0000318. The Morgan fingerprint density at radius 3 is 2.32 bits per heavy atom. The summed E-state index contributed by atoms with van der Waals surface area (Å²) in [6.07, 6.45) is 0.726. The Hall–Kier alpha value is -2.73. The van der Waals surface area contributed by atoms with Gasteiger partial charge in [0, 0.05) is 36.9 Å². The van der Waals surface area contributed by atoms with Crippen LogP contribution >= 0.6 is 11.6 Å². The fourth-order valence-electron chi connectivity index (χ4n) is 2.98. The van der Waals surface area contributed by atoms with Crippen LogP contribution in [0, 0.1) is 6.92 Å². The summed E-state index contributed by atoms with van der Waals surface area (Å²) in [5, 5.41) is 3.48. The van der Waals surface area contributed by atoms with Gasteiger partial charge in [-0.25, -0.2) is 4.79 Å². The Morgan fingerprint density at radius 1 is 0.964 bits per heavy atom. The van der Waals surface area contributed by atoms with Crippen molar-refractivity contribution in [3.8, 4) is 5.75 Å². The molecule has 0 spiro atoms. The van der Waals surface area contributed by atoms with E-state index in [1.165, 1.54) is 0 Å². The molecule has 0 bridgehead atoms. The van der Waals surface area contributed by atoms with Crippen LogP contribution in [0.15, 0.2) is 48.5 Å². The van der Waals surface area contributed by atoms with Crippen molar-refractivity contribution in [3.63, 3.8) is 0 Å². The molecule has 0 unspecified atom stereocenters. The summed E-state index contributed by atoms with van der Waals surface area (Å²) in [4.78, 5) is 28.4. The SMILES string of the molecule is Cc1ccc(OCC(=O)N2CCCN(C(=O)Nc3ccc(Cl)cc3)CC2)cc1. The zero-order chi connectivity index (χ0) is 19.9. The number of nitrogens with zero attached hydrogens (tertiary/aromatic N) is 2. The molecule has 3 amide bonds. The van der Waals surface area contributed by atoms with E-state index < -0.39 is 0 Å². The third-order valence-corrected chi connectivity index (χ3v) is 4.87. The number of aryl methyl sites for hydroxylation is 1. The Labute approximate surface area is 170 Å². The molecule has 7 heteroatoms. The highest BCUT2D eigenvalue weighted by atomic mass is 35.5. The van der Waals surface area contributed by atoms with Gasteiger partial charge in [-0.3, -0.25) is 4.79 Å². The van der Waals surface area contributed by atoms with Crippen molar-refractivity contribution in [1.29, 1.82) is 0 Å². The molecular formula is C21H24ClN3O3. The molecular weight excluding hydrogens is 378 g/mol. The first-order chi connectivity index (χ1) is 13.5. The number of carbonyl (C=O) groups excluding carboxylic acids is 2. The van der Waals surface area contributed by atoms with Gasteiger partial charge in [0.15, 0.2) is 6.61 Å². The van der Waals surface area contributed by atoms with Crippen LogP contribution in [0.3, 0.4) is 0 Å². The van der Waals surface area contributed by atoms with Crippen LogP contribution in [0.1, 0.15) is 12.0 Å². The first kappa shape index (κ1) is 20.0. The minimum Gasteiger partial charge on any atom is -0.484 e. The van der Waals surface area contributed by atoms with Crippen molar-refractivity contribution < 1.29 is 14.3 Å². The monoisotopic (exact) mass is 401 g/mol. The second kappa shape index (κ2) is 9.46. The van der Waals surface area contributed by atoms with Crippen molar-refractivity contribution in [2.45, 2.75) is 13.3 Å². The van der Waals surface area contributed by atoms with E-state index in [-0.39, 0.29) is 18.5 Å². The molecule has 6 nitrogen and oxygen atoms in total. The minimum atomic E-state index is -0.174. The van der Waals surface area contributed by atoms with Crippen molar-refractivity contribution in [2.75, 3.05) is 38.1 Å². The van der Waals surface area contributed by atoms with Crippen LogP contribution in [-0.2, 0) is 4.79 Å². The van der Waals surface area contributed by atoms with Gasteiger partial charge in [0.2, 0.25) is 0 Å². The van der Waals surface area contributed by atoms with Crippen LogP contribution in [0.5, 0.6) is 5.75 Å². The normalized spacial score (nSPS) is 14.4. The molecule has 1 saturated heterocycles. The van der Waals surface area contributed by atoms with Gasteiger partial charge in [0.25, 0.3) is 5.91 Å². The summed E-state index contributed by atoms with van der Waals surface area (Å²) in [5.74, 6) is 0.610.